The summed E-state index contributed by atoms with van der Waals surface area (Å²) in [6.07, 6.45) is 1.68. The Kier molecular flexibility index (Phi) is 5.78. The maximum Gasteiger partial charge on any atom is 0.272 e. The van der Waals surface area contributed by atoms with E-state index in [9.17, 15) is 4.79 Å². The quantitative estimate of drug-likeness (QED) is 0.655. The van der Waals surface area contributed by atoms with Gasteiger partial charge in [-0.15, -0.1) is 0 Å². The number of aromatic amines is 1. The standard InChI is InChI=1S/C22H24N4O2S/c1-24(16-17-7-9-18(10-8-17)25-11-13-28-14-12-25)21(27)20-15-23-22(29)26(20)19-5-3-2-4-6-19/h2-10,15H,11-14,16H2,1H3,(H,23,29). The molecule has 0 atom stereocenters. The number of nitrogens with zero attached hydrogens (tertiary/aromatic N) is 3. The number of carbonyl (C=O) groups excluding carboxylic acids is 1. The second kappa shape index (κ2) is 8.63. The third kappa shape index (κ3) is 4.26. The summed E-state index contributed by atoms with van der Waals surface area (Å²) in [5.41, 5.74) is 3.66. The molecule has 1 amide bonds. The number of amides is 1. The van der Waals surface area contributed by atoms with Crippen molar-refractivity contribution in [3.8, 4) is 5.69 Å². The molecule has 1 N–H and O–H groups in total. The summed E-state index contributed by atoms with van der Waals surface area (Å²) in [4.78, 5) is 20.1. The molecular weight excluding hydrogens is 384 g/mol. The first-order valence-electron chi connectivity index (χ1n) is 9.66. The highest BCUT2D eigenvalue weighted by molar-refractivity contribution is 7.71. The van der Waals surface area contributed by atoms with Gasteiger partial charge in [0.25, 0.3) is 5.91 Å². The van der Waals surface area contributed by atoms with E-state index in [-0.39, 0.29) is 5.91 Å². The Labute approximate surface area is 175 Å². The van der Waals surface area contributed by atoms with Gasteiger partial charge in [-0.25, -0.2) is 0 Å². The molecule has 0 spiro atoms. The molecule has 0 saturated carbocycles. The molecule has 4 rings (SSSR count). The lowest BCUT2D eigenvalue weighted by molar-refractivity contribution is 0.0777. The third-order valence-electron chi connectivity index (χ3n) is 5.09. The predicted octanol–water partition coefficient (Wildman–Crippen LogP) is 3.64. The minimum Gasteiger partial charge on any atom is -0.378 e. The van der Waals surface area contributed by atoms with Crippen LogP contribution >= 0.6 is 12.2 Å². The summed E-state index contributed by atoms with van der Waals surface area (Å²) < 4.78 is 7.69. The summed E-state index contributed by atoms with van der Waals surface area (Å²) in [7, 11) is 1.81. The molecule has 7 heteroatoms. The lowest BCUT2D eigenvalue weighted by Crippen LogP contribution is -2.36. The van der Waals surface area contributed by atoms with Crippen molar-refractivity contribution in [2.45, 2.75) is 6.54 Å². The van der Waals surface area contributed by atoms with E-state index in [4.69, 9.17) is 17.0 Å². The van der Waals surface area contributed by atoms with Crippen molar-refractivity contribution in [1.82, 2.24) is 14.5 Å². The number of morpholine rings is 1. The number of benzene rings is 2. The first-order chi connectivity index (χ1) is 14.1. The van der Waals surface area contributed by atoms with Crippen molar-refractivity contribution < 1.29 is 9.53 Å². The lowest BCUT2D eigenvalue weighted by atomic mass is 10.1. The van der Waals surface area contributed by atoms with Gasteiger partial charge in [0.05, 0.1) is 13.2 Å². The molecule has 0 unspecified atom stereocenters. The van der Waals surface area contributed by atoms with Crippen LogP contribution in [0.15, 0.2) is 60.8 Å². The Morgan fingerprint density at radius 1 is 1.07 bits per heavy atom. The van der Waals surface area contributed by atoms with Gasteiger partial charge in [-0.2, -0.15) is 0 Å². The Bertz CT molecular complexity index is 1020. The van der Waals surface area contributed by atoms with Crippen LogP contribution in [-0.2, 0) is 11.3 Å². The number of ether oxygens (including phenoxy) is 1. The number of anilines is 1. The van der Waals surface area contributed by atoms with E-state index in [1.807, 2.05) is 37.4 Å². The second-order valence-corrected chi connectivity index (χ2v) is 7.46. The highest BCUT2D eigenvalue weighted by Crippen LogP contribution is 2.19. The van der Waals surface area contributed by atoms with Crippen molar-refractivity contribution >= 4 is 23.8 Å². The van der Waals surface area contributed by atoms with Gasteiger partial charge in [0.1, 0.15) is 5.69 Å². The van der Waals surface area contributed by atoms with Crippen LogP contribution in [0.1, 0.15) is 16.1 Å². The first-order valence-corrected chi connectivity index (χ1v) is 10.1. The third-order valence-corrected chi connectivity index (χ3v) is 5.39. The minimum atomic E-state index is -0.0848. The van der Waals surface area contributed by atoms with E-state index in [1.165, 1.54) is 5.69 Å². The maximum absolute atomic E-state index is 13.1. The molecule has 0 bridgehead atoms. The summed E-state index contributed by atoms with van der Waals surface area (Å²) in [6, 6.07) is 18.0. The van der Waals surface area contributed by atoms with Gasteiger partial charge >= 0.3 is 0 Å². The molecule has 0 aliphatic carbocycles. The fourth-order valence-electron chi connectivity index (χ4n) is 3.53. The van der Waals surface area contributed by atoms with Crippen molar-refractivity contribution in [2.24, 2.45) is 0 Å². The van der Waals surface area contributed by atoms with Gasteiger partial charge < -0.3 is 19.5 Å². The highest BCUT2D eigenvalue weighted by atomic mass is 32.1. The smallest absolute Gasteiger partial charge is 0.272 e. The number of nitrogens with one attached hydrogen (secondary N) is 1. The average molecular weight is 409 g/mol. The molecule has 1 aromatic heterocycles. The van der Waals surface area contributed by atoms with Gasteiger partial charge in [0.2, 0.25) is 0 Å². The van der Waals surface area contributed by atoms with Crippen molar-refractivity contribution in [3.63, 3.8) is 0 Å². The molecule has 1 aliphatic rings. The summed E-state index contributed by atoms with van der Waals surface area (Å²) in [6.45, 7) is 3.88. The van der Waals surface area contributed by atoms with Gasteiger partial charge in [-0.1, -0.05) is 30.3 Å². The van der Waals surface area contributed by atoms with Gasteiger partial charge in [-0.05, 0) is 42.0 Å². The van der Waals surface area contributed by atoms with Gasteiger partial charge in [0.15, 0.2) is 4.77 Å². The van der Waals surface area contributed by atoms with Crippen LogP contribution in [0.3, 0.4) is 0 Å². The van der Waals surface area contributed by atoms with E-state index in [0.717, 1.165) is 37.6 Å². The van der Waals surface area contributed by atoms with Crippen LogP contribution in [0.4, 0.5) is 5.69 Å². The number of para-hydroxylation sites is 1. The van der Waals surface area contributed by atoms with Crippen LogP contribution in [0.5, 0.6) is 0 Å². The van der Waals surface area contributed by atoms with E-state index < -0.39 is 0 Å². The summed E-state index contributed by atoms with van der Waals surface area (Å²) >= 11 is 5.39. The number of imidazole rings is 1. The van der Waals surface area contributed by atoms with Crippen molar-refractivity contribution in [3.05, 3.63) is 76.8 Å². The largest absolute Gasteiger partial charge is 0.378 e. The fraction of sp³-hybridized carbons (Fsp3) is 0.273. The average Bonchev–Trinajstić information content (AvgIpc) is 3.16. The summed E-state index contributed by atoms with van der Waals surface area (Å²) in [5, 5.41) is 0. The minimum absolute atomic E-state index is 0.0848. The highest BCUT2D eigenvalue weighted by Gasteiger charge is 2.19. The topological polar surface area (TPSA) is 53.5 Å². The molecule has 1 fully saturated rings. The first kappa shape index (κ1) is 19.4. The predicted molar refractivity (Wildman–Crippen MR) is 116 cm³/mol. The Hall–Kier alpha value is -2.90. The number of H-pyrrole nitrogens is 1. The molecule has 1 aliphatic heterocycles. The number of hydrogen-bond donors (Lipinski definition) is 1. The van der Waals surface area contributed by atoms with Crippen LogP contribution in [0.25, 0.3) is 5.69 Å². The normalized spacial score (nSPS) is 14.0. The monoisotopic (exact) mass is 408 g/mol. The van der Waals surface area contributed by atoms with Gasteiger partial charge in [0, 0.05) is 44.3 Å². The molecule has 1 saturated heterocycles. The zero-order chi connectivity index (χ0) is 20.2. The number of hydrogen-bond acceptors (Lipinski definition) is 4. The van der Waals surface area contributed by atoms with E-state index in [1.54, 1.807) is 15.7 Å². The van der Waals surface area contributed by atoms with Crippen LogP contribution < -0.4 is 4.90 Å². The van der Waals surface area contributed by atoms with Crippen molar-refractivity contribution in [2.75, 3.05) is 38.3 Å². The molecule has 150 valence electrons. The molecule has 3 aromatic rings. The molecule has 2 heterocycles. The molecule has 6 nitrogen and oxygen atoms in total. The van der Waals surface area contributed by atoms with Crippen LogP contribution in [-0.4, -0.2) is 53.7 Å². The van der Waals surface area contributed by atoms with E-state index >= 15 is 0 Å². The Morgan fingerprint density at radius 3 is 2.45 bits per heavy atom. The zero-order valence-corrected chi connectivity index (χ0v) is 17.2. The maximum atomic E-state index is 13.1. The SMILES string of the molecule is CN(Cc1ccc(N2CCOCC2)cc1)C(=O)c1c[nH]c(=S)n1-c1ccccc1. The molecule has 2 aromatic carbocycles. The van der Waals surface area contributed by atoms with E-state index in [2.05, 4.69) is 34.1 Å². The molecular formula is C22H24N4O2S. The Balaban J connectivity index is 1.49. The number of carbonyl (C=O) groups is 1. The second-order valence-electron chi connectivity index (χ2n) is 7.08. The molecule has 0 radical (unpaired) electrons. The number of aromatic nitrogens is 2. The lowest BCUT2D eigenvalue weighted by Gasteiger charge is -2.29. The molecule has 29 heavy (non-hydrogen) atoms. The van der Waals surface area contributed by atoms with Crippen LogP contribution in [0, 0.1) is 4.77 Å². The Morgan fingerprint density at radius 2 is 1.76 bits per heavy atom. The van der Waals surface area contributed by atoms with Gasteiger partial charge in [-0.3, -0.25) is 9.36 Å². The fourth-order valence-corrected chi connectivity index (χ4v) is 3.80. The van der Waals surface area contributed by atoms with Crippen molar-refractivity contribution in [1.29, 1.82) is 0 Å². The van der Waals surface area contributed by atoms with E-state index in [0.29, 0.717) is 17.0 Å². The van der Waals surface area contributed by atoms with Crippen LogP contribution in [0.2, 0.25) is 0 Å². The number of rotatable bonds is 5. The summed E-state index contributed by atoms with van der Waals surface area (Å²) in [5.74, 6) is -0.0848. The zero-order valence-electron chi connectivity index (χ0n) is 16.4.